The molecule has 0 aliphatic carbocycles. The second-order valence-corrected chi connectivity index (χ2v) is 6.50. The molecular formula is C20H21N3O2. The van der Waals surface area contributed by atoms with Gasteiger partial charge in [-0.2, -0.15) is 4.98 Å². The molecule has 0 spiro atoms. The molecule has 5 heteroatoms. The summed E-state index contributed by atoms with van der Waals surface area (Å²) < 4.78 is 5.87. The fraction of sp³-hybridized carbons (Fsp3) is 0.300. The summed E-state index contributed by atoms with van der Waals surface area (Å²) in [5, 5.41) is 0. The van der Waals surface area contributed by atoms with Crippen molar-refractivity contribution in [2.75, 3.05) is 18.5 Å². The van der Waals surface area contributed by atoms with Crippen LogP contribution in [0.15, 0.2) is 59.0 Å². The second-order valence-electron chi connectivity index (χ2n) is 6.50. The second kappa shape index (κ2) is 6.59. The van der Waals surface area contributed by atoms with Crippen molar-refractivity contribution >= 4 is 23.0 Å². The Hall–Kier alpha value is -2.82. The molecule has 1 aliphatic rings. The fourth-order valence-electron chi connectivity index (χ4n) is 3.42. The molecular weight excluding hydrogens is 314 g/mol. The average Bonchev–Trinajstić information content (AvgIpc) is 3.28. The fourth-order valence-corrected chi connectivity index (χ4v) is 3.42. The van der Waals surface area contributed by atoms with Crippen molar-refractivity contribution in [2.45, 2.75) is 25.4 Å². The van der Waals surface area contributed by atoms with Gasteiger partial charge in [0.2, 0.25) is 5.91 Å². The van der Waals surface area contributed by atoms with Gasteiger partial charge >= 0.3 is 0 Å². The molecule has 1 aliphatic heterocycles. The molecule has 25 heavy (non-hydrogen) atoms. The highest BCUT2D eigenvalue weighted by atomic mass is 16.4. The van der Waals surface area contributed by atoms with E-state index in [1.54, 1.807) is 4.90 Å². The van der Waals surface area contributed by atoms with Gasteiger partial charge < -0.3 is 14.2 Å². The molecule has 0 unspecified atom stereocenters. The summed E-state index contributed by atoms with van der Waals surface area (Å²) in [7, 11) is 1.86. The summed E-state index contributed by atoms with van der Waals surface area (Å²) in [6.45, 7) is 1.40. The third kappa shape index (κ3) is 3.09. The summed E-state index contributed by atoms with van der Waals surface area (Å²) in [6.07, 6.45) is 1.80. The largest absolute Gasteiger partial charge is 0.423 e. The number of aromatic nitrogens is 1. The van der Waals surface area contributed by atoms with Gasteiger partial charge in [-0.25, -0.2) is 0 Å². The number of amides is 1. The Kier molecular flexibility index (Phi) is 4.14. The molecule has 128 valence electrons. The number of hydrogen-bond donors (Lipinski definition) is 0. The van der Waals surface area contributed by atoms with E-state index in [1.165, 1.54) is 0 Å². The molecule has 1 saturated heterocycles. The van der Waals surface area contributed by atoms with E-state index in [1.807, 2.05) is 66.5 Å². The molecule has 0 saturated carbocycles. The zero-order valence-electron chi connectivity index (χ0n) is 14.3. The first-order valence-corrected chi connectivity index (χ1v) is 8.63. The van der Waals surface area contributed by atoms with Gasteiger partial charge in [0, 0.05) is 20.1 Å². The zero-order chi connectivity index (χ0) is 17.2. The number of nitrogens with zero attached hydrogens (tertiary/aromatic N) is 3. The molecule has 0 radical (unpaired) electrons. The van der Waals surface area contributed by atoms with Crippen LogP contribution >= 0.6 is 0 Å². The molecule has 1 aromatic heterocycles. The molecule has 0 N–H and O–H groups in total. The Balaban J connectivity index is 1.53. The third-order valence-corrected chi connectivity index (χ3v) is 4.70. The Morgan fingerprint density at radius 3 is 2.76 bits per heavy atom. The van der Waals surface area contributed by atoms with Crippen LogP contribution < -0.4 is 4.90 Å². The topological polar surface area (TPSA) is 49.6 Å². The number of hydrogen-bond acceptors (Lipinski definition) is 4. The van der Waals surface area contributed by atoms with Gasteiger partial charge in [-0.05, 0) is 30.5 Å². The van der Waals surface area contributed by atoms with Gasteiger partial charge in [0.05, 0.1) is 0 Å². The van der Waals surface area contributed by atoms with E-state index >= 15 is 0 Å². The van der Waals surface area contributed by atoms with Crippen LogP contribution in [-0.4, -0.2) is 35.4 Å². The van der Waals surface area contributed by atoms with E-state index in [-0.39, 0.29) is 11.9 Å². The molecule has 1 fully saturated rings. The minimum atomic E-state index is -0.207. The maximum Gasteiger partial charge on any atom is 0.299 e. The van der Waals surface area contributed by atoms with Crippen molar-refractivity contribution in [2.24, 2.45) is 0 Å². The smallest absolute Gasteiger partial charge is 0.299 e. The van der Waals surface area contributed by atoms with E-state index in [0.717, 1.165) is 36.0 Å². The summed E-state index contributed by atoms with van der Waals surface area (Å²) in [4.78, 5) is 21.3. The summed E-state index contributed by atoms with van der Waals surface area (Å²) in [5.41, 5.74) is 2.71. The lowest BCUT2D eigenvalue weighted by molar-refractivity contribution is -0.131. The van der Waals surface area contributed by atoms with Gasteiger partial charge in [0.1, 0.15) is 11.6 Å². The number of rotatable bonds is 4. The van der Waals surface area contributed by atoms with Crippen LogP contribution in [0.2, 0.25) is 0 Å². The molecule has 4 rings (SSSR count). The van der Waals surface area contributed by atoms with E-state index in [0.29, 0.717) is 12.6 Å². The number of likely N-dealkylation sites (N-methyl/N-ethyl adjacent to an activating group) is 1. The Morgan fingerprint density at radius 2 is 1.96 bits per heavy atom. The Morgan fingerprint density at radius 1 is 1.20 bits per heavy atom. The highest BCUT2D eigenvalue weighted by Crippen LogP contribution is 2.29. The monoisotopic (exact) mass is 335 g/mol. The van der Waals surface area contributed by atoms with Crippen LogP contribution in [0.3, 0.4) is 0 Å². The summed E-state index contributed by atoms with van der Waals surface area (Å²) in [5.74, 6) is 0.114. The van der Waals surface area contributed by atoms with Crippen molar-refractivity contribution in [3.05, 3.63) is 60.2 Å². The number of carbonyl (C=O) groups is 1. The molecule has 1 atom stereocenters. The number of anilines is 1. The molecule has 5 nitrogen and oxygen atoms in total. The first kappa shape index (κ1) is 15.7. The molecule has 1 amide bonds. The van der Waals surface area contributed by atoms with Crippen LogP contribution in [0.4, 0.5) is 6.01 Å². The van der Waals surface area contributed by atoms with E-state index < -0.39 is 0 Å². The van der Waals surface area contributed by atoms with E-state index in [4.69, 9.17) is 4.42 Å². The predicted octanol–water partition coefficient (Wildman–Crippen LogP) is 3.46. The molecule has 3 aromatic rings. The number of benzene rings is 2. The average molecular weight is 335 g/mol. The normalized spacial score (nSPS) is 17.2. The van der Waals surface area contributed by atoms with Gasteiger partial charge in [-0.1, -0.05) is 42.5 Å². The maximum absolute atomic E-state index is 13.0. The minimum Gasteiger partial charge on any atom is -0.423 e. The number of oxazole rings is 1. The molecule has 2 heterocycles. The van der Waals surface area contributed by atoms with Crippen molar-refractivity contribution in [3.8, 4) is 0 Å². The molecule has 0 bridgehead atoms. The van der Waals surface area contributed by atoms with Crippen molar-refractivity contribution in [1.82, 2.24) is 9.88 Å². The SMILES string of the molecule is CN(Cc1ccccc1)C(=O)[C@H]1CCCN1c1nc2ccccc2o1. The van der Waals surface area contributed by atoms with Crippen molar-refractivity contribution in [3.63, 3.8) is 0 Å². The van der Waals surface area contributed by atoms with Gasteiger partial charge in [-0.3, -0.25) is 4.79 Å². The lowest BCUT2D eigenvalue weighted by atomic mass is 10.1. The lowest BCUT2D eigenvalue weighted by Gasteiger charge is -2.27. The van der Waals surface area contributed by atoms with Gasteiger partial charge in [-0.15, -0.1) is 0 Å². The van der Waals surface area contributed by atoms with E-state index in [2.05, 4.69) is 4.98 Å². The maximum atomic E-state index is 13.0. The van der Waals surface area contributed by atoms with Crippen LogP contribution in [0.5, 0.6) is 0 Å². The van der Waals surface area contributed by atoms with Crippen LogP contribution in [0.25, 0.3) is 11.1 Å². The predicted molar refractivity (Wildman–Crippen MR) is 97.3 cm³/mol. The van der Waals surface area contributed by atoms with Gasteiger partial charge in [0.15, 0.2) is 5.58 Å². The number of para-hydroxylation sites is 2. The first-order chi connectivity index (χ1) is 12.2. The highest BCUT2D eigenvalue weighted by molar-refractivity contribution is 5.85. The Labute approximate surface area is 146 Å². The minimum absolute atomic E-state index is 0.114. The third-order valence-electron chi connectivity index (χ3n) is 4.70. The first-order valence-electron chi connectivity index (χ1n) is 8.63. The molecule has 2 aromatic carbocycles. The number of fused-ring (bicyclic) bond motifs is 1. The van der Waals surface area contributed by atoms with Crippen LogP contribution in [-0.2, 0) is 11.3 Å². The summed E-state index contributed by atoms with van der Waals surface area (Å²) in [6, 6.07) is 18.1. The van der Waals surface area contributed by atoms with Gasteiger partial charge in [0.25, 0.3) is 6.01 Å². The Bertz CT molecular complexity index is 842. The van der Waals surface area contributed by atoms with E-state index in [9.17, 15) is 4.79 Å². The highest BCUT2D eigenvalue weighted by Gasteiger charge is 2.35. The summed E-state index contributed by atoms with van der Waals surface area (Å²) >= 11 is 0. The van der Waals surface area contributed by atoms with Crippen LogP contribution in [0, 0.1) is 0 Å². The van der Waals surface area contributed by atoms with Crippen molar-refractivity contribution < 1.29 is 9.21 Å². The van der Waals surface area contributed by atoms with Crippen LogP contribution in [0.1, 0.15) is 18.4 Å². The lowest BCUT2D eigenvalue weighted by Crippen LogP contribution is -2.44. The number of carbonyl (C=O) groups excluding carboxylic acids is 1. The quantitative estimate of drug-likeness (QED) is 0.733. The van der Waals surface area contributed by atoms with Crippen molar-refractivity contribution in [1.29, 1.82) is 0 Å². The standard InChI is InChI=1S/C20H21N3O2/c1-22(14-15-8-3-2-4-9-15)19(24)17-11-7-13-23(17)20-21-16-10-5-6-12-18(16)25-20/h2-6,8-10,12,17H,7,11,13-14H2,1H3/t17-/m1/s1. The zero-order valence-corrected chi connectivity index (χ0v) is 14.3.